The van der Waals surface area contributed by atoms with Crippen LogP contribution in [0.5, 0.6) is 0 Å². The normalized spacial score (nSPS) is 11.7. The van der Waals surface area contributed by atoms with Crippen LogP contribution < -0.4 is 4.72 Å². The van der Waals surface area contributed by atoms with Crippen molar-refractivity contribution in [1.82, 2.24) is 14.3 Å². The lowest BCUT2D eigenvalue weighted by Gasteiger charge is -2.02. The van der Waals surface area contributed by atoms with Gasteiger partial charge in [-0.3, -0.25) is 0 Å². The molecule has 2 N–H and O–H groups in total. The van der Waals surface area contributed by atoms with Crippen LogP contribution in [0.1, 0.15) is 21.2 Å². The van der Waals surface area contributed by atoms with E-state index in [1.54, 1.807) is 5.38 Å². The third-order valence-corrected chi connectivity index (χ3v) is 4.81. The average molecular weight is 315 g/mol. The molecule has 0 atom stereocenters. The fourth-order valence-electron chi connectivity index (χ4n) is 1.64. The van der Waals surface area contributed by atoms with Crippen molar-refractivity contribution in [3.05, 3.63) is 34.0 Å². The zero-order valence-corrected chi connectivity index (χ0v) is 12.5. The van der Waals surface area contributed by atoms with E-state index in [9.17, 15) is 13.2 Å². The molecule has 0 aromatic carbocycles. The second kappa shape index (κ2) is 5.35. The number of aryl methyl sites for hydroxylation is 2. The molecular formula is C11H13N3O4S2. The van der Waals surface area contributed by atoms with E-state index in [1.165, 1.54) is 29.1 Å². The molecule has 0 saturated heterocycles. The Morgan fingerprint density at radius 1 is 1.55 bits per heavy atom. The summed E-state index contributed by atoms with van der Waals surface area (Å²) in [6.45, 7) is 1.91. The van der Waals surface area contributed by atoms with Gasteiger partial charge in [-0.05, 0) is 13.0 Å². The number of aromatic nitrogens is 2. The maximum Gasteiger partial charge on any atom is 0.352 e. The Bertz CT molecular complexity index is 746. The molecule has 0 aliphatic carbocycles. The summed E-state index contributed by atoms with van der Waals surface area (Å²) in [5.41, 5.74) is 0.542. The van der Waals surface area contributed by atoms with Crippen molar-refractivity contribution < 1.29 is 18.3 Å². The minimum absolute atomic E-state index is 0.0734. The quantitative estimate of drug-likeness (QED) is 0.856. The van der Waals surface area contributed by atoms with Crippen molar-refractivity contribution in [1.29, 1.82) is 0 Å². The maximum atomic E-state index is 12.1. The highest BCUT2D eigenvalue weighted by molar-refractivity contribution is 7.89. The summed E-state index contributed by atoms with van der Waals surface area (Å²) < 4.78 is 27.8. The summed E-state index contributed by atoms with van der Waals surface area (Å²) in [5, 5.41) is 11.5. The molecule has 0 unspecified atom stereocenters. The molecular weight excluding hydrogens is 302 g/mol. The zero-order chi connectivity index (χ0) is 14.9. The summed E-state index contributed by atoms with van der Waals surface area (Å²) in [6.07, 6.45) is 1.26. The molecule has 20 heavy (non-hydrogen) atoms. The minimum Gasteiger partial charge on any atom is -0.477 e. The summed E-state index contributed by atoms with van der Waals surface area (Å²) in [4.78, 5) is 15.0. The van der Waals surface area contributed by atoms with Gasteiger partial charge in [-0.1, -0.05) is 0 Å². The maximum absolute atomic E-state index is 12.1. The first kappa shape index (κ1) is 14.7. The number of nitrogens with zero attached hydrogens (tertiary/aromatic N) is 2. The number of hydrogen-bond donors (Lipinski definition) is 2. The van der Waals surface area contributed by atoms with E-state index in [2.05, 4.69) is 9.71 Å². The first-order chi connectivity index (χ1) is 9.29. The van der Waals surface area contributed by atoms with Crippen LogP contribution >= 0.6 is 11.3 Å². The van der Waals surface area contributed by atoms with Gasteiger partial charge in [-0.2, -0.15) is 0 Å². The molecule has 7 nitrogen and oxygen atoms in total. The fourth-order valence-corrected chi connectivity index (χ4v) is 3.32. The number of hydrogen-bond acceptors (Lipinski definition) is 5. The Balaban J connectivity index is 2.18. The zero-order valence-electron chi connectivity index (χ0n) is 10.8. The number of rotatable bonds is 5. The van der Waals surface area contributed by atoms with Gasteiger partial charge in [0.15, 0.2) is 0 Å². The summed E-state index contributed by atoms with van der Waals surface area (Å²) in [5.74, 6) is -1.18. The lowest BCUT2D eigenvalue weighted by Crippen LogP contribution is -2.23. The summed E-state index contributed by atoms with van der Waals surface area (Å²) in [6, 6.07) is 1.12. The highest BCUT2D eigenvalue weighted by atomic mass is 32.2. The molecule has 2 heterocycles. The van der Waals surface area contributed by atoms with E-state index in [0.29, 0.717) is 5.69 Å². The molecule has 2 aromatic heterocycles. The van der Waals surface area contributed by atoms with Crippen LogP contribution in [0.4, 0.5) is 0 Å². The predicted molar refractivity (Wildman–Crippen MR) is 73.2 cm³/mol. The standard InChI is InChI=1S/C11H13N3O4S2/c1-7-13-8(6-19-7)4-12-20(17,18)9-3-10(11(15)16)14(2)5-9/h3,5-6,12H,4H2,1-2H3,(H,15,16). The second-order valence-corrected chi connectivity index (χ2v) is 6.99. The van der Waals surface area contributed by atoms with Crippen molar-refractivity contribution in [2.75, 3.05) is 0 Å². The number of thiazole rings is 1. The number of carboxylic acids is 1. The molecule has 0 radical (unpaired) electrons. The second-order valence-electron chi connectivity index (χ2n) is 4.16. The summed E-state index contributed by atoms with van der Waals surface area (Å²) >= 11 is 1.43. The van der Waals surface area contributed by atoms with Gasteiger partial charge in [-0.15, -0.1) is 11.3 Å². The average Bonchev–Trinajstić information content (AvgIpc) is 2.93. The summed E-state index contributed by atoms with van der Waals surface area (Å²) in [7, 11) is -2.28. The number of sulfonamides is 1. The third-order valence-electron chi connectivity index (χ3n) is 2.62. The number of carbonyl (C=O) groups is 1. The Hall–Kier alpha value is -1.71. The van der Waals surface area contributed by atoms with Gasteiger partial charge < -0.3 is 9.67 Å². The highest BCUT2D eigenvalue weighted by Gasteiger charge is 2.20. The first-order valence-electron chi connectivity index (χ1n) is 5.60. The molecule has 0 bridgehead atoms. The lowest BCUT2D eigenvalue weighted by atomic mass is 10.4. The van der Waals surface area contributed by atoms with E-state index >= 15 is 0 Å². The number of carboxylic acid groups (broad SMARTS) is 1. The van der Waals surface area contributed by atoms with E-state index in [4.69, 9.17) is 5.11 Å². The van der Waals surface area contributed by atoms with Gasteiger partial charge in [0.1, 0.15) is 10.6 Å². The van der Waals surface area contributed by atoms with Gasteiger partial charge >= 0.3 is 5.97 Å². The van der Waals surface area contributed by atoms with Crippen LogP contribution in [0.3, 0.4) is 0 Å². The molecule has 0 aliphatic heterocycles. The molecule has 0 fully saturated rings. The van der Waals surface area contributed by atoms with Crippen LogP contribution in [0.15, 0.2) is 22.5 Å². The lowest BCUT2D eigenvalue weighted by molar-refractivity contribution is 0.0686. The number of nitrogens with one attached hydrogen (secondary N) is 1. The number of aromatic carboxylic acids is 1. The predicted octanol–water partition coefficient (Wildman–Crippen LogP) is 0.967. The van der Waals surface area contributed by atoms with Crippen molar-refractivity contribution >= 4 is 27.3 Å². The van der Waals surface area contributed by atoms with Gasteiger partial charge in [0, 0.05) is 18.6 Å². The van der Waals surface area contributed by atoms with Crippen molar-refractivity contribution in [3.63, 3.8) is 0 Å². The molecule has 108 valence electrons. The van der Waals surface area contributed by atoms with Crippen LogP contribution in [-0.4, -0.2) is 29.0 Å². The van der Waals surface area contributed by atoms with Gasteiger partial charge in [0.05, 0.1) is 17.2 Å². The fraction of sp³-hybridized carbons (Fsp3) is 0.273. The molecule has 0 aliphatic rings. The van der Waals surface area contributed by atoms with E-state index in [0.717, 1.165) is 11.1 Å². The largest absolute Gasteiger partial charge is 0.477 e. The van der Waals surface area contributed by atoms with Crippen LogP contribution in [-0.2, 0) is 23.6 Å². The van der Waals surface area contributed by atoms with Crippen LogP contribution in [0.2, 0.25) is 0 Å². The topological polar surface area (TPSA) is 101 Å². The van der Waals surface area contributed by atoms with Gasteiger partial charge in [-0.25, -0.2) is 22.9 Å². The molecule has 9 heteroatoms. The first-order valence-corrected chi connectivity index (χ1v) is 7.96. The van der Waals surface area contributed by atoms with Crippen LogP contribution in [0.25, 0.3) is 0 Å². The molecule has 2 aromatic rings. The molecule has 0 saturated carbocycles. The van der Waals surface area contributed by atoms with Crippen LogP contribution in [0, 0.1) is 6.92 Å². The minimum atomic E-state index is -3.75. The smallest absolute Gasteiger partial charge is 0.352 e. The van der Waals surface area contributed by atoms with Gasteiger partial charge in [0.2, 0.25) is 10.0 Å². The third kappa shape index (κ3) is 3.06. The highest BCUT2D eigenvalue weighted by Crippen LogP contribution is 2.14. The Morgan fingerprint density at radius 2 is 2.25 bits per heavy atom. The van der Waals surface area contributed by atoms with E-state index in [-0.39, 0.29) is 17.1 Å². The Labute approximate surface area is 119 Å². The monoisotopic (exact) mass is 315 g/mol. The van der Waals surface area contributed by atoms with Crippen molar-refractivity contribution in [2.45, 2.75) is 18.4 Å². The Kier molecular flexibility index (Phi) is 3.93. The van der Waals surface area contributed by atoms with Crippen molar-refractivity contribution in [2.24, 2.45) is 7.05 Å². The Morgan fingerprint density at radius 3 is 2.75 bits per heavy atom. The van der Waals surface area contributed by atoms with Crippen molar-refractivity contribution in [3.8, 4) is 0 Å². The SMILES string of the molecule is Cc1nc(CNS(=O)(=O)c2cc(C(=O)O)n(C)c2)cs1. The van der Waals surface area contributed by atoms with E-state index < -0.39 is 16.0 Å². The molecule has 0 amide bonds. The van der Waals surface area contributed by atoms with Gasteiger partial charge in [0.25, 0.3) is 0 Å². The van der Waals surface area contributed by atoms with E-state index in [1.807, 2.05) is 6.92 Å². The molecule has 2 rings (SSSR count). The molecule has 0 spiro atoms.